The number of ketones is 1. The summed E-state index contributed by atoms with van der Waals surface area (Å²) in [6.45, 7) is 1.91. The maximum atomic E-state index is 12.7. The number of pyridine rings is 1. The van der Waals surface area contributed by atoms with E-state index in [0.29, 0.717) is 18.2 Å². The van der Waals surface area contributed by atoms with E-state index in [9.17, 15) is 9.59 Å². The molecule has 0 spiro atoms. The third-order valence-electron chi connectivity index (χ3n) is 7.11. The molecule has 2 aromatic heterocycles. The molecule has 0 radical (unpaired) electrons. The summed E-state index contributed by atoms with van der Waals surface area (Å²) in [7, 11) is 0. The normalized spacial score (nSPS) is 18.7. The highest BCUT2D eigenvalue weighted by Gasteiger charge is 2.28. The molecule has 0 bridgehead atoms. The zero-order valence-electron chi connectivity index (χ0n) is 18.1. The molecule has 1 saturated heterocycles. The Morgan fingerprint density at radius 3 is 2.57 bits per heavy atom. The summed E-state index contributed by atoms with van der Waals surface area (Å²) >= 11 is 0. The summed E-state index contributed by atoms with van der Waals surface area (Å²) in [4.78, 5) is 31.5. The SMILES string of the molecule is O=C(CCCCCC1CCN(C(=O)C2CCCCC2)CC1)c1ccc2nccn2c1. The van der Waals surface area contributed by atoms with Gasteiger partial charge in [-0.3, -0.25) is 9.59 Å². The quantitative estimate of drug-likeness (QED) is 0.440. The third-order valence-corrected chi connectivity index (χ3v) is 7.11. The Hall–Kier alpha value is -2.17. The van der Waals surface area contributed by atoms with Crippen molar-refractivity contribution in [3.8, 4) is 0 Å². The fourth-order valence-corrected chi connectivity index (χ4v) is 5.17. The van der Waals surface area contributed by atoms with E-state index in [0.717, 1.165) is 68.7 Å². The summed E-state index contributed by atoms with van der Waals surface area (Å²) in [6.07, 6.45) is 18.9. The number of aromatic nitrogens is 2. The van der Waals surface area contributed by atoms with Crippen LogP contribution < -0.4 is 0 Å². The Labute approximate surface area is 179 Å². The molecular formula is C25H35N3O2. The minimum absolute atomic E-state index is 0.222. The molecule has 2 fully saturated rings. The van der Waals surface area contributed by atoms with Crippen molar-refractivity contribution >= 4 is 17.3 Å². The first-order valence-electron chi connectivity index (χ1n) is 12.0. The summed E-state index contributed by atoms with van der Waals surface area (Å²) in [6, 6.07) is 3.78. The highest BCUT2D eigenvalue weighted by Crippen LogP contribution is 2.29. The van der Waals surface area contributed by atoms with E-state index in [-0.39, 0.29) is 5.78 Å². The van der Waals surface area contributed by atoms with Crippen LogP contribution in [-0.2, 0) is 4.79 Å². The van der Waals surface area contributed by atoms with E-state index in [4.69, 9.17) is 0 Å². The van der Waals surface area contributed by atoms with Crippen LogP contribution in [0, 0.1) is 11.8 Å². The number of nitrogens with zero attached hydrogens (tertiary/aromatic N) is 3. The maximum Gasteiger partial charge on any atom is 0.225 e. The van der Waals surface area contributed by atoms with Gasteiger partial charge in [-0.2, -0.15) is 0 Å². The molecule has 30 heavy (non-hydrogen) atoms. The predicted molar refractivity (Wildman–Crippen MR) is 118 cm³/mol. The van der Waals surface area contributed by atoms with Gasteiger partial charge in [0.25, 0.3) is 0 Å². The molecule has 2 aliphatic rings. The van der Waals surface area contributed by atoms with Gasteiger partial charge in [0.15, 0.2) is 5.78 Å². The molecule has 0 aromatic carbocycles. The molecule has 1 aliphatic heterocycles. The number of carbonyl (C=O) groups is 2. The predicted octanol–water partition coefficient (Wildman–Crippen LogP) is 5.29. The Bertz CT molecular complexity index is 845. The van der Waals surface area contributed by atoms with Gasteiger partial charge in [0.1, 0.15) is 5.65 Å². The molecule has 0 N–H and O–H groups in total. The van der Waals surface area contributed by atoms with E-state index in [1.54, 1.807) is 6.20 Å². The summed E-state index contributed by atoms with van der Waals surface area (Å²) in [5.74, 6) is 1.71. The van der Waals surface area contributed by atoms with Crippen molar-refractivity contribution in [1.29, 1.82) is 0 Å². The fraction of sp³-hybridized carbons (Fsp3) is 0.640. The zero-order chi connectivity index (χ0) is 20.8. The van der Waals surface area contributed by atoms with Crippen LogP contribution in [0.25, 0.3) is 5.65 Å². The summed E-state index contributed by atoms with van der Waals surface area (Å²) < 4.78 is 1.90. The number of fused-ring (bicyclic) bond motifs is 1. The Morgan fingerprint density at radius 1 is 0.967 bits per heavy atom. The lowest BCUT2D eigenvalue weighted by Crippen LogP contribution is -2.42. The molecule has 1 saturated carbocycles. The van der Waals surface area contributed by atoms with E-state index < -0.39 is 0 Å². The number of unbranched alkanes of at least 4 members (excludes halogenated alkanes) is 2. The summed E-state index contributed by atoms with van der Waals surface area (Å²) in [5.41, 5.74) is 1.65. The topological polar surface area (TPSA) is 54.7 Å². The number of rotatable bonds is 8. The fourth-order valence-electron chi connectivity index (χ4n) is 5.17. The van der Waals surface area contributed by atoms with Gasteiger partial charge >= 0.3 is 0 Å². The van der Waals surface area contributed by atoms with Crippen LogP contribution in [0.5, 0.6) is 0 Å². The van der Waals surface area contributed by atoms with Gasteiger partial charge < -0.3 is 9.30 Å². The first kappa shape index (κ1) is 21.1. The summed E-state index contributed by atoms with van der Waals surface area (Å²) in [5, 5.41) is 0. The van der Waals surface area contributed by atoms with Crippen LogP contribution in [0.3, 0.4) is 0 Å². The molecule has 2 aromatic rings. The van der Waals surface area contributed by atoms with Gasteiger partial charge in [0, 0.05) is 49.6 Å². The minimum atomic E-state index is 0.222. The van der Waals surface area contributed by atoms with Gasteiger partial charge in [0.2, 0.25) is 5.91 Å². The van der Waals surface area contributed by atoms with Gasteiger partial charge in [-0.1, -0.05) is 38.5 Å². The van der Waals surface area contributed by atoms with Crippen molar-refractivity contribution in [2.24, 2.45) is 11.8 Å². The second kappa shape index (κ2) is 10.2. The van der Waals surface area contributed by atoms with Gasteiger partial charge in [-0.25, -0.2) is 4.98 Å². The van der Waals surface area contributed by atoms with Gasteiger partial charge in [-0.05, 0) is 50.2 Å². The molecule has 1 aliphatic carbocycles. The number of imidazole rings is 1. The molecule has 1 amide bonds. The number of piperidine rings is 1. The van der Waals surface area contributed by atoms with Crippen LogP contribution in [0.1, 0.15) is 87.4 Å². The van der Waals surface area contributed by atoms with E-state index in [2.05, 4.69) is 9.88 Å². The lowest BCUT2D eigenvalue weighted by atomic mass is 9.86. The van der Waals surface area contributed by atoms with Crippen LogP contribution in [-0.4, -0.2) is 39.1 Å². The van der Waals surface area contributed by atoms with Crippen LogP contribution >= 0.6 is 0 Å². The Kier molecular flexibility index (Phi) is 7.19. The first-order valence-corrected chi connectivity index (χ1v) is 12.0. The van der Waals surface area contributed by atoms with Crippen molar-refractivity contribution in [2.45, 2.75) is 77.0 Å². The number of likely N-dealkylation sites (tertiary alicyclic amines) is 1. The van der Waals surface area contributed by atoms with E-state index in [1.165, 1.54) is 32.1 Å². The largest absolute Gasteiger partial charge is 0.342 e. The monoisotopic (exact) mass is 409 g/mol. The van der Waals surface area contributed by atoms with Crippen molar-refractivity contribution in [3.63, 3.8) is 0 Å². The third kappa shape index (κ3) is 5.30. The number of hydrogen-bond acceptors (Lipinski definition) is 3. The molecule has 0 atom stereocenters. The van der Waals surface area contributed by atoms with E-state index in [1.807, 2.05) is 28.9 Å². The van der Waals surface area contributed by atoms with Crippen LogP contribution in [0.15, 0.2) is 30.7 Å². The standard InChI is InChI=1S/C25H35N3O2/c29-23(22-11-12-24-26-15-18-28(24)19-22)10-6-1-3-7-20-13-16-27(17-14-20)25(30)21-8-4-2-5-9-21/h11-12,15,18-21H,1-10,13-14,16-17H2. The number of amides is 1. The smallest absolute Gasteiger partial charge is 0.225 e. The van der Waals surface area contributed by atoms with Crippen LogP contribution in [0.2, 0.25) is 0 Å². The van der Waals surface area contributed by atoms with Crippen LogP contribution in [0.4, 0.5) is 0 Å². The lowest BCUT2D eigenvalue weighted by Gasteiger charge is -2.35. The average Bonchev–Trinajstić information content (AvgIpc) is 3.27. The zero-order valence-corrected chi connectivity index (χ0v) is 18.1. The molecular weight excluding hydrogens is 374 g/mol. The van der Waals surface area contributed by atoms with Crippen molar-refractivity contribution < 1.29 is 9.59 Å². The first-order chi connectivity index (χ1) is 14.7. The number of hydrogen-bond donors (Lipinski definition) is 0. The molecule has 3 heterocycles. The highest BCUT2D eigenvalue weighted by molar-refractivity contribution is 5.96. The minimum Gasteiger partial charge on any atom is -0.342 e. The molecule has 5 nitrogen and oxygen atoms in total. The Morgan fingerprint density at radius 2 is 1.77 bits per heavy atom. The second-order valence-corrected chi connectivity index (χ2v) is 9.24. The molecule has 162 valence electrons. The molecule has 5 heteroatoms. The van der Waals surface area contributed by atoms with Crippen molar-refractivity contribution in [2.75, 3.05) is 13.1 Å². The maximum absolute atomic E-state index is 12.7. The lowest BCUT2D eigenvalue weighted by molar-refractivity contribution is -0.138. The Balaban J connectivity index is 1.10. The van der Waals surface area contributed by atoms with E-state index >= 15 is 0 Å². The number of carbonyl (C=O) groups excluding carboxylic acids is 2. The van der Waals surface area contributed by atoms with Gasteiger partial charge in [-0.15, -0.1) is 0 Å². The average molecular weight is 410 g/mol. The molecule has 0 unspecified atom stereocenters. The highest BCUT2D eigenvalue weighted by atomic mass is 16.2. The number of Topliss-reactive ketones (excluding diaryl/α,β-unsaturated/α-hetero) is 1. The second-order valence-electron chi connectivity index (χ2n) is 9.24. The van der Waals surface area contributed by atoms with Crippen molar-refractivity contribution in [1.82, 2.24) is 14.3 Å². The molecule has 4 rings (SSSR count). The van der Waals surface area contributed by atoms with Gasteiger partial charge in [0.05, 0.1) is 0 Å². The van der Waals surface area contributed by atoms with Crippen molar-refractivity contribution in [3.05, 3.63) is 36.3 Å².